The summed E-state index contributed by atoms with van der Waals surface area (Å²) in [6, 6.07) is 8.50. The molecule has 0 aromatic heterocycles. The number of piperazine rings is 1. The molecule has 4 heteroatoms. The number of hydrogen-bond acceptors (Lipinski definition) is 3. The maximum Gasteiger partial charge on any atom is 0.227 e. The molecule has 2 saturated heterocycles. The highest BCUT2D eigenvalue weighted by Gasteiger charge is 2.28. The molecule has 0 bridgehead atoms. The fourth-order valence-electron chi connectivity index (χ4n) is 3.41. The maximum absolute atomic E-state index is 12.5. The third kappa shape index (κ3) is 3.21. The number of benzene rings is 1. The Kier molecular flexibility index (Phi) is 4.44. The monoisotopic (exact) mass is 287 g/mol. The molecule has 0 saturated carbocycles. The first-order valence-corrected chi connectivity index (χ1v) is 8.06. The van der Waals surface area contributed by atoms with E-state index in [1.54, 1.807) is 0 Å². The van der Waals surface area contributed by atoms with E-state index >= 15 is 0 Å². The molecule has 1 N–H and O–H groups in total. The fraction of sp³-hybridized carbons (Fsp3) is 0.588. The van der Waals surface area contributed by atoms with Crippen LogP contribution in [0.5, 0.6) is 0 Å². The Labute approximate surface area is 127 Å². The summed E-state index contributed by atoms with van der Waals surface area (Å²) in [5, 5.41) is 3.34. The van der Waals surface area contributed by atoms with Crippen molar-refractivity contribution in [3.8, 4) is 0 Å². The van der Waals surface area contributed by atoms with Crippen molar-refractivity contribution in [2.75, 3.05) is 44.2 Å². The van der Waals surface area contributed by atoms with Crippen molar-refractivity contribution >= 4 is 11.6 Å². The average Bonchev–Trinajstić information content (AvgIpc) is 2.56. The van der Waals surface area contributed by atoms with Crippen molar-refractivity contribution in [2.45, 2.75) is 19.8 Å². The number of rotatable bonds is 2. The summed E-state index contributed by atoms with van der Waals surface area (Å²) >= 11 is 0. The topological polar surface area (TPSA) is 35.6 Å². The molecule has 0 radical (unpaired) electrons. The van der Waals surface area contributed by atoms with Crippen molar-refractivity contribution in [3.05, 3.63) is 29.8 Å². The molecule has 1 amide bonds. The van der Waals surface area contributed by atoms with E-state index in [4.69, 9.17) is 0 Å². The molecular weight excluding hydrogens is 262 g/mol. The summed E-state index contributed by atoms with van der Waals surface area (Å²) < 4.78 is 0. The summed E-state index contributed by atoms with van der Waals surface area (Å²) in [4.78, 5) is 17.0. The Morgan fingerprint density at radius 2 is 1.95 bits per heavy atom. The molecule has 3 rings (SSSR count). The molecule has 1 atom stereocenters. The Morgan fingerprint density at radius 3 is 2.62 bits per heavy atom. The molecule has 2 aliphatic heterocycles. The third-order valence-corrected chi connectivity index (χ3v) is 4.69. The highest BCUT2D eigenvalue weighted by molar-refractivity contribution is 5.79. The number of nitrogens with one attached hydrogen (secondary N) is 1. The summed E-state index contributed by atoms with van der Waals surface area (Å²) in [5.41, 5.74) is 2.62. The average molecular weight is 287 g/mol. The minimum atomic E-state index is 0.198. The van der Waals surface area contributed by atoms with Gasteiger partial charge in [0.15, 0.2) is 0 Å². The molecular formula is C17H25N3O. The Morgan fingerprint density at radius 1 is 1.19 bits per heavy atom. The van der Waals surface area contributed by atoms with Gasteiger partial charge in [-0.2, -0.15) is 0 Å². The van der Waals surface area contributed by atoms with Gasteiger partial charge >= 0.3 is 0 Å². The number of nitrogens with zero attached hydrogens (tertiary/aromatic N) is 2. The van der Waals surface area contributed by atoms with Gasteiger partial charge in [-0.3, -0.25) is 4.79 Å². The first-order valence-electron chi connectivity index (χ1n) is 8.06. The third-order valence-electron chi connectivity index (χ3n) is 4.69. The first-order chi connectivity index (χ1) is 10.3. The second-order valence-corrected chi connectivity index (χ2v) is 6.14. The van der Waals surface area contributed by atoms with E-state index in [2.05, 4.69) is 46.3 Å². The Bertz CT molecular complexity index is 489. The molecule has 1 aromatic rings. The number of piperidine rings is 1. The van der Waals surface area contributed by atoms with Crippen molar-refractivity contribution < 1.29 is 4.79 Å². The zero-order valence-electron chi connectivity index (χ0n) is 12.8. The maximum atomic E-state index is 12.5. The number of para-hydroxylation sites is 1. The minimum absolute atomic E-state index is 0.198. The van der Waals surface area contributed by atoms with Crippen LogP contribution in [-0.4, -0.2) is 50.1 Å². The van der Waals surface area contributed by atoms with Crippen molar-refractivity contribution in [2.24, 2.45) is 5.92 Å². The van der Waals surface area contributed by atoms with E-state index < -0.39 is 0 Å². The summed E-state index contributed by atoms with van der Waals surface area (Å²) in [6.07, 6.45) is 2.17. The van der Waals surface area contributed by atoms with Crippen LogP contribution >= 0.6 is 0 Å². The van der Waals surface area contributed by atoms with Crippen LogP contribution in [0.4, 0.5) is 5.69 Å². The van der Waals surface area contributed by atoms with Crippen molar-refractivity contribution in [1.82, 2.24) is 10.2 Å². The van der Waals surface area contributed by atoms with Crippen LogP contribution in [0.3, 0.4) is 0 Å². The smallest absolute Gasteiger partial charge is 0.227 e. The van der Waals surface area contributed by atoms with E-state index in [9.17, 15) is 4.79 Å². The fourth-order valence-corrected chi connectivity index (χ4v) is 3.41. The lowest BCUT2D eigenvalue weighted by Gasteiger charge is -2.38. The first kappa shape index (κ1) is 14.4. The molecule has 2 fully saturated rings. The Hall–Kier alpha value is -1.55. The molecule has 2 heterocycles. The van der Waals surface area contributed by atoms with E-state index in [0.29, 0.717) is 5.91 Å². The molecule has 0 spiro atoms. The standard InChI is InChI=1S/C17H25N3O/c1-14-5-2-3-7-16(14)19-9-11-20(12-10-19)17(21)15-6-4-8-18-13-15/h2-3,5,7,15,18H,4,6,8-13H2,1H3/t15-/m1/s1. The van der Waals surface area contributed by atoms with Gasteiger partial charge in [-0.15, -0.1) is 0 Å². The van der Waals surface area contributed by atoms with Gasteiger partial charge in [0.05, 0.1) is 5.92 Å². The molecule has 2 aliphatic rings. The van der Waals surface area contributed by atoms with Gasteiger partial charge in [0.1, 0.15) is 0 Å². The predicted molar refractivity (Wildman–Crippen MR) is 85.6 cm³/mol. The minimum Gasteiger partial charge on any atom is -0.368 e. The van der Waals surface area contributed by atoms with Gasteiger partial charge in [0.2, 0.25) is 5.91 Å². The molecule has 21 heavy (non-hydrogen) atoms. The number of anilines is 1. The molecule has 114 valence electrons. The van der Waals surface area contributed by atoms with Gasteiger partial charge in [-0.25, -0.2) is 0 Å². The summed E-state index contributed by atoms with van der Waals surface area (Å²) in [5.74, 6) is 0.551. The second kappa shape index (κ2) is 6.48. The lowest BCUT2D eigenvalue weighted by molar-refractivity contribution is -0.136. The largest absolute Gasteiger partial charge is 0.368 e. The van der Waals surface area contributed by atoms with Gasteiger partial charge in [-0.05, 0) is 37.9 Å². The zero-order chi connectivity index (χ0) is 14.7. The molecule has 0 aliphatic carbocycles. The van der Waals surface area contributed by atoms with Gasteiger partial charge in [-0.1, -0.05) is 18.2 Å². The van der Waals surface area contributed by atoms with E-state index in [-0.39, 0.29) is 5.92 Å². The highest BCUT2D eigenvalue weighted by Crippen LogP contribution is 2.22. The second-order valence-electron chi connectivity index (χ2n) is 6.14. The van der Waals surface area contributed by atoms with E-state index in [1.807, 2.05) is 0 Å². The summed E-state index contributed by atoms with van der Waals surface area (Å²) in [6.45, 7) is 7.66. The van der Waals surface area contributed by atoms with Gasteiger partial charge in [0, 0.05) is 38.4 Å². The van der Waals surface area contributed by atoms with Gasteiger partial charge < -0.3 is 15.1 Å². The van der Waals surface area contributed by atoms with Crippen LogP contribution in [0.15, 0.2) is 24.3 Å². The molecule has 1 aromatic carbocycles. The lowest BCUT2D eigenvalue weighted by Crippen LogP contribution is -2.52. The number of carbonyl (C=O) groups is 1. The number of carbonyl (C=O) groups excluding carboxylic acids is 1. The van der Waals surface area contributed by atoms with E-state index in [0.717, 1.165) is 52.1 Å². The zero-order valence-corrected chi connectivity index (χ0v) is 12.8. The van der Waals surface area contributed by atoms with Crippen LogP contribution in [-0.2, 0) is 4.79 Å². The summed E-state index contributed by atoms with van der Waals surface area (Å²) in [7, 11) is 0. The number of aryl methyl sites for hydroxylation is 1. The Balaban J connectivity index is 1.57. The SMILES string of the molecule is Cc1ccccc1N1CCN(C(=O)[C@@H]2CCCNC2)CC1. The van der Waals surface area contributed by atoms with Crippen molar-refractivity contribution in [1.29, 1.82) is 0 Å². The number of amides is 1. The van der Waals surface area contributed by atoms with Crippen LogP contribution in [0, 0.1) is 12.8 Å². The number of hydrogen-bond donors (Lipinski definition) is 1. The predicted octanol–water partition coefficient (Wildman–Crippen LogP) is 1.64. The van der Waals surface area contributed by atoms with Crippen LogP contribution in [0.25, 0.3) is 0 Å². The van der Waals surface area contributed by atoms with Crippen LogP contribution < -0.4 is 10.2 Å². The quantitative estimate of drug-likeness (QED) is 0.898. The lowest BCUT2D eigenvalue weighted by atomic mass is 9.98. The van der Waals surface area contributed by atoms with Crippen molar-refractivity contribution in [3.63, 3.8) is 0 Å². The molecule has 4 nitrogen and oxygen atoms in total. The highest BCUT2D eigenvalue weighted by atomic mass is 16.2. The normalized spacial score (nSPS) is 23.2. The van der Waals surface area contributed by atoms with E-state index in [1.165, 1.54) is 11.3 Å². The molecule has 0 unspecified atom stereocenters. The van der Waals surface area contributed by atoms with Crippen LogP contribution in [0.2, 0.25) is 0 Å². The van der Waals surface area contributed by atoms with Crippen LogP contribution in [0.1, 0.15) is 18.4 Å². The van der Waals surface area contributed by atoms with Gasteiger partial charge in [0.25, 0.3) is 0 Å².